The number of hydrogen-bond acceptors (Lipinski definition) is 3. The van der Waals surface area contributed by atoms with E-state index in [9.17, 15) is 5.11 Å². The first-order valence-corrected chi connectivity index (χ1v) is 5.27. The second-order valence-electron chi connectivity index (χ2n) is 4.23. The van der Waals surface area contributed by atoms with E-state index in [2.05, 4.69) is 0 Å². The first-order chi connectivity index (χ1) is 7.15. The van der Waals surface area contributed by atoms with E-state index >= 15 is 0 Å². The maximum atomic E-state index is 10.5. The molecule has 0 saturated heterocycles. The van der Waals surface area contributed by atoms with Crippen molar-refractivity contribution < 1.29 is 9.84 Å². The highest BCUT2D eigenvalue weighted by Crippen LogP contribution is 2.41. The number of methoxy groups -OCH3 is 1. The van der Waals surface area contributed by atoms with Crippen molar-refractivity contribution in [3.63, 3.8) is 0 Å². The summed E-state index contributed by atoms with van der Waals surface area (Å²) in [6.07, 6.45) is 2.20. The highest BCUT2D eigenvalue weighted by Gasteiger charge is 2.38. The summed E-state index contributed by atoms with van der Waals surface area (Å²) in [7, 11) is 1.62. The Balaban J connectivity index is 2.36. The van der Waals surface area contributed by atoms with Gasteiger partial charge in [0, 0.05) is 11.6 Å². The zero-order valence-corrected chi connectivity index (χ0v) is 8.94. The molecule has 1 aliphatic carbocycles. The molecule has 3 heteroatoms. The van der Waals surface area contributed by atoms with E-state index in [0.29, 0.717) is 12.8 Å². The van der Waals surface area contributed by atoms with Crippen molar-refractivity contribution in [3.8, 4) is 5.75 Å². The predicted octanol–water partition coefficient (Wildman–Crippen LogP) is 1.39. The van der Waals surface area contributed by atoms with Gasteiger partial charge in [0.2, 0.25) is 0 Å². The molecule has 15 heavy (non-hydrogen) atoms. The molecule has 3 nitrogen and oxygen atoms in total. The highest BCUT2D eigenvalue weighted by molar-refractivity contribution is 5.38. The fourth-order valence-electron chi connectivity index (χ4n) is 2.34. The number of rotatable bonds is 2. The lowest BCUT2D eigenvalue weighted by atomic mass is 9.91. The van der Waals surface area contributed by atoms with Crippen molar-refractivity contribution >= 4 is 0 Å². The van der Waals surface area contributed by atoms with Crippen LogP contribution in [0.3, 0.4) is 0 Å². The van der Waals surface area contributed by atoms with Crippen LogP contribution in [0.2, 0.25) is 0 Å². The van der Waals surface area contributed by atoms with E-state index in [-0.39, 0.29) is 6.04 Å². The first kappa shape index (κ1) is 10.5. The maximum Gasteiger partial charge on any atom is 0.124 e. The third-order valence-electron chi connectivity index (χ3n) is 3.14. The van der Waals surface area contributed by atoms with Crippen molar-refractivity contribution in [3.05, 3.63) is 29.8 Å². The number of aliphatic hydroxyl groups is 1. The monoisotopic (exact) mass is 207 g/mol. The number of para-hydroxylation sites is 1. The van der Waals surface area contributed by atoms with Gasteiger partial charge in [-0.25, -0.2) is 0 Å². The van der Waals surface area contributed by atoms with Crippen LogP contribution in [0.15, 0.2) is 24.3 Å². The lowest BCUT2D eigenvalue weighted by Gasteiger charge is -2.25. The Labute approximate surface area is 89.9 Å². The highest BCUT2D eigenvalue weighted by atomic mass is 16.5. The van der Waals surface area contributed by atoms with E-state index < -0.39 is 5.60 Å². The molecule has 1 aliphatic rings. The average molecular weight is 207 g/mol. The number of ether oxygens (including phenoxy) is 1. The van der Waals surface area contributed by atoms with Crippen LogP contribution in [-0.2, 0) is 5.60 Å². The van der Waals surface area contributed by atoms with Crippen LogP contribution in [0.25, 0.3) is 0 Å². The third-order valence-corrected chi connectivity index (χ3v) is 3.14. The molecule has 0 spiro atoms. The minimum absolute atomic E-state index is 0.0971. The standard InChI is InChI=1S/C12H17NO2/c1-15-11-5-3-2-4-10(11)12(14)7-6-9(13)8-12/h2-5,9,14H,6-8,13H2,1H3. The molecule has 0 aromatic heterocycles. The molecule has 2 atom stereocenters. The van der Waals surface area contributed by atoms with Crippen LogP contribution < -0.4 is 10.5 Å². The number of benzene rings is 1. The second-order valence-corrected chi connectivity index (χ2v) is 4.23. The molecule has 0 aliphatic heterocycles. The molecule has 1 saturated carbocycles. The average Bonchev–Trinajstić information content (AvgIpc) is 2.60. The SMILES string of the molecule is COc1ccccc1C1(O)CCC(N)C1. The van der Waals surface area contributed by atoms with E-state index in [1.165, 1.54) is 0 Å². The summed E-state index contributed by atoms with van der Waals surface area (Å²) >= 11 is 0. The van der Waals surface area contributed by atoms with Gasteiger partial charge < -0.3 is 15.6 Å². The summed E-state index contributed by atoms with van der Waals surface area (Å²) < 4.78 is 5.26. The molecule has 0 bridgehead atoms. The molecule has 3 N–H and O–H groups in total. The van der Waals surface area contributed by atoms with Crippen LogP contribution in [0, 0.1) is 0 Å². The Bertz CT molecular complexity index is 353. The van der Waals surface area contributed by atoms with Crippen molar-refractivity contribution in [2.45, 2.75) is 30.9 Å². The molecule has 2 unspecified atom stereocenters. The molecule has 2 rings (SSSR count). The summed E-state index contributed by atoms with van der Waals surface area (Å²) in [6.45, 7) is 0. The van der Waals surface area contributed by atoms with Gasteiger partial charge in [-0.2, -0.15) is 0 Å². The van der Waals surface area contributed by atoms with Gasteiger partial charge in [-0.3, -0.25) is 0 Å². The molecule has 1 aromatic rings. The van der Waals surface area contributed by atoms with Crippen LogP contribution in [0.4, 0.5) is 0 Å². The van der Waals surface area contributed by atoms with Crippen molar-refractivity contribution in [2.75, 3.05) is 7.11 Å². The molecule has 0 radical (unpaired) electrons. The predicted molar refractivity (Wildman–Crippen MR) is 58.7 cm³/mol. The Kier molecular flexibility index (Phi) is 2.67. The second kappa shape index (κ2) is 3.83. The zero-order chi connectivity index (χ0) is 10.9. The van der Waals surface area contributed by atoms with Crippen LogP contribution in [0.5, 0.6) is 5.75 Å². The van der Waals surface area contributed by atoms with Crippen LogP contribution in [0.1, 0.15) is 24.8 Å². The zero-order valence-electron chi connectivity index (χ0n) is 8.94. The maximum absolute atomic E-state index is 10.5. The molecule has 82 valence electrons. The quantitative estimate of drug-likeness (QED) is 0.770. The summed E-state index contributed by atoms with van der Waals surface area (Å²) in [6, 6.07) is 7.70. The molecule has 1 fully saturated rings. The summed E-state index contributed by atoms with van der Waals surface area (Å²) in [4.78, 5) is 0. The summed E-state index contributed by atoms with van der Waals surface area (Å²) in [5.41, 5.74) is 5.90. The van der Waals surface area contributed by atoms with E-state index in [0.717, 1.165) is 17.7 Å². The fraction of sp³-hybridized carbons (Fsp3) is 0.500. The summed E-state index contributed by atoms with van der Waals surface area (Å²) in [5, 5.41) is 10.5. The van der Waals surface area contributed by atoms with Gasteiger partial charge >= 0.3 is 0 Å². The minimum atomic E-state index is -0.800. The van der Waals surface area contributed by atoms with Crippen molar-refractivity contribution in [1.82, 2.24) is 0 Å². The minimum Gasteiger partial charge on any atom is -0.496 e. The van der Waals surface area contributed by atoms with Crippen LogP contribution in [-0.4, -0.2) is 18.3 Å². The Morgan fingerprint density at radius 3 is 2.80 bits per heavy atom. The van der Waals surface area contributed by atoms with Gasteiger partial charge in [-0.15, -0.1) is 0 Å². The van der Waals surface area contributed by atoms with E-state index in [1.807, 2.05) is 24.3 Å². The Morgan fingerprint density at radius 1 is 1.47 bits per heavy atom. The topological polar surface area (TPSA) is 55.5 Å². The Hall–Kier alpha value is -1.06. The lowest BCUT2D eigenvalue weighted by Crippen LogP contribution is -2.25. The molecule has 0 amide bonds. The first-order valence-electron chi connectivity index (χ1n) is 5.27. The van der Waals surface area contributed by atoms with Gasteiger partial charge in [-0.1, -0.05) is 18.2 Å². The van der Waals surface area contributed by atoms with Crippen LogP contribution >= 0.6 is 0 Å². The number of nitrogens with two attached hydrogens (primary N) is 1. The lowest BCUT2D eigenvalue weighted by molar-refractivity contribution is 0.0406. The largest absolute Gasteiger partial charge is 0.496 e. The van der Waals surface area contributed by atoms with Crippen molar-refractivity contribution in [1.29, 1.82) is 0 Å². The van der Waals surface area contributed by atoms with Gasteiger partial charge in [0.1, 0.15) is 5.75 Å². The van der Waals surface area contributed by atoms with Crippen molar-refractivity contribution in [2.24, 2.45) is 5.73 Å². The van der Waals surface area contributed by atoms with E-state index in [4.69, 9.17) is 10.5 Å². The Morgan fingerprint density at radius 2 is 2.20 bits per heavy atom. The molecule has 1 aromatic carbocycles. The molecule has 0 heterocycles. The fourth-order valence-corrected chi connectivity index (χ4v) is 2.34. The third kappa shape index (κ3) is 1.85. The van der Waals surface area contributed by atoms with Gasteiger partial charge in [-0.05, 0) is 25.3 Å². The normalized spacial score (nSPS) is 30.5. The smallest absolute Gasteiger partial charge is 0.124 e. The molecular weight excluding hydrogens is 190 g/mol. The number of hydrogen-bond donors (Lipinski definition) is 2. The van der Waals surface area contributed by atoms with Gasteiger partial charge in [0.15, 0.2) is 0 Å². The van der Waals surface area contributed by atoms with Gasteiger partial charge in [0.05, 0.1) is 12.7 Å². The summed E-state index contributed by atoms with van der Waals surface area (Å²) in [5.74, 6) is 0.745. The van der Waals surface area contributed by atoms with Gasteiger partial charge in [0.25, 0.3) is 0 Å². The molecular formula is C12H17NO2. The van der Waals surface area contributed by atoms with E-state index in [1.54, 1.807) is 7.11 Å².